The number of benzene rings is 3. The molecule has 140 valence electrons. The lowest BCUT2D eigenvalue weighted by molar-refractivity contribution is -0.134. The monoisotopic (exact) mass is 374 g/mol. The molecule has 0 aliphatic carbocycles. The third-order valence-electron chi connectivity index (χ3n) is 4.53. The highest BCUT2D eigenvalue weighted by Crippen LogP contribution is 2.52. The SMILES string of the molecule is COC(=O)/C=C/c1ccc2c(c1O)OC(c1ccccc1)(c1ccccc1)O2. The van der Waals surface area contributed by atoms with Gasteiger partial charge in [-0.15, -0.1) is 0 Å². The van der Waals surface area contributed by atoms with Gasteiger partial charge in [0.1, 0.15) is 0 Å². The van der Waals surface area contributed by atoms with E-state index in [1.54, 1.807) is 12.1 Å². The Morgan fingerprint density at radius 2 is 1.54 bits per heavy atom. The lowest BCUT2D eigenvalue weighted by atomic mass is 9.97. The first-order valence-corrected chi connectivity index (χ1v) is 8.75. The number of rotatable bonds is 4. The summed E-state index contributed by atoms with van der Waals surface area (Å²) in [5.74, 6) is -1.20. The Morgan fingerprint density at radius 3 is 2.11 bits per heavy atom. The number of hydrogen-bond acceptors (Lipinski definition) is 5. The van der Waals surface area contributed by atoms with Crippen LogP contribution in [0.4, 0.5) is 0 Å². The summed E-state index contributed by atoms with van der Waals surface area (Å²) in [6, 6.07) is 22.4. The highest BCUT2D eigenvalue weighted by molar-refractivity contribution is 5.88. The zero-order valence-electron chi connectivity index (χ0n) is 15.2. The maximum atomic E-state index is 11.4. The predicted molar refractivity (Wildman–Crippen MR) is 104 cm³/mol. The largest absolute Gasteiger partial charge is 0.504 e. The lowest BCUT2D eigenvalue weighted by Gasteiger charge is -2.28. The second-order valence-electron chi connectivity index (χ2n) is 6.24. The van der Waals surface area contributed by atoms with Crippen molar-refractivity contribution in [3.05, 3.63) is 95.6 Å². The molecule has 0 aromatic heterocycles. The van der Waals surface area contributed by atoms with E-state index in [0.717, 1.165) is 11.1 Å². The first-order valence-electron chi connectivity index (χ1n) is 8.75. The van der Waals surface area contributed by atoms with E-state index in [1.807, 2.05) is 60.7 Å². The molecule has 5 heteroatoms. The maximum Gasteiger partial charge on any atom is 0.330 e. The summed E-state index contributed by atoms with van der Waals surface area (Å²) >= 11 is 0. The molecule has 0 saturated carbocycles. The summed E-state index contributed by atoms with van der Waals surface area (Å²) in [4.78, 5) is 11.4. The number of carbonyl (C=O) groups is 1. The average Bonchev–Trinajstić information content (AvgIpc) is 3.16. The standard InChI is InChI=1S/C23H18O5/c1-26-20(24)15-13-16-12-14-19-22(21(16)25)28-23(27-19,17-8-4-2-5-9-17)18-10-6-3-7-11-18/h2-15,25H,1H3/b15-13+. The first-order chi connectivity index (χ1) is 13.6. The second-order valence-corrected chi connectivity index (χ2v) is 6.24. The molecule has 0 amide bonds. The number of ether oxygens (including phenoxy) is 3. The highest BCUT2D eigenvalue weighted by atomic mass is 16.7. The molecule has 4 rings (SSSR count). The van der Waals surface area contributed by atoms with Crippen LogP contribution >= 0.6 is 0 Å². The van der Waals surface area contributed by atoms with Crippen molar-refractivity contribution in [1.29, 1.82) is 0 Å². The summed E-state index contributed by atoms with van der Waals surface area (Å²) in [5, 5.41) is 10.7. The third kappa shape index (κ3) is 2.97. The van der Waals surface area contributed by atoms with Gasteiger partial charge in [-0.3, -0.25) is 0 Å². The third-order valence-corrected chi connectivity index (χ3v) is 4.53. The second kappa shape index (κ2) is 7.12. The van der Waals surface area contributed by atoms with E-state index in [4.69, 9.17) is 9.47 Å². The molecule has 1 N–H and O–H groups in total. The molecule has 0 bridgehead atoms. The summed E-state index contributed by atoms with van der Waals surface area (Å²) < 4.78 is 17.1. The summed E-state index contributed by atoms with van der Waals surface area (Å²) in [6.45, 7) is 0. The van der Waals surface area contributed by atoms with Gasteiger partial charge in [0.2, 0.25) is 5.75 Å². The van der Waals surface area contributed by atoms with E-state index >= 15 is 0 Å². The number of hydrogen-bond donors (Lipinski definition) is 1. The van der Waals surface area contributed by atoms with Crippen molar-refractivity contribution in [3.8, 4) is 17.2 Å². The smallest absolute Gasteiger partial charge is 0.330 e. The minimum atomic E-state index is -1.22. The number of fused-ring (bicyclic) bond motifs is 1. The van der Waals surface area contributed by atoms with Crippen molar-refractivity contribution in [2.75, 3.05) is 7.11 Å². The van der Waals surface area contributed by atoms with Gasteiger partial charge in [-0.1, -0.05) is 60.7 Å². The molecule has 1 heterocycles. The van der Waals surface area contributed by atoms with Gasteiger partial charge in [0.25, 0.3) is 0 Å². The fourth-order valence-corrected chi connectivity index (χ4v) is 3.14. The van der Waals surface area contributed by atoms with Crippen LogP contribution in [0.2, 0.25) is 0 Å². The van der Waals surface area contributed by atoms with Crippen LogP contribution in [-0.2, 0) is 15.3 Å². The molecule has 0 atom stereocenters. The Balaban J connectivity index is 1.80. The van der Waals surface area contributed by atoms with Gasteiger partial charge in [-0.05, 0) is 18.2 Å². The van der Waals surface area contributed by atoms with Crippen molar-refractivity contribution >= 4 is 12.0 Å². The predicted octanol–water partition coefficient (Wildman–Crippen LogP) is 4.25. The molecule has 0 radical (unpaired) electrons. The average molecular weight is 374 g/mol. The van der Waals surface area contributed by atoms with E-state index in [2.05, 4.69) is 4.74 Å². The van der Waals surface area contributed by atoms with Crippen LogP contribution in [0, 0.1) is 0 Å². The molecule has 0 fully saturated rings. The number of methoxy groups -OCH3 is 1. The van der Waals surface area contributed by atoms with E-state index in [9.17, 15) is 9.90 Å². The number of aromatic hydroxyl groups is 1. The Kier molecular flexibility index (Phi) is 4.49. The van der Waals surface area contributed by atoms with Gasteiger partial charge < -0.3 is 19.3 Å². The van der Waals surface area contributed by atoms with Crippen LogP contribution in [0.1, 0.15) is 16.7 Å². The van der Waals surface area contributed by atoms with Crippen molar-refractivity contribution in [2.45, 2.75) is 5.79 Å². The lowest BCUT2D eigenvalue weighted by Crippen LogP contribution is -2.36. The van der Waals surface area contributed by atoms with Gasteiger partial charge in [0.15, 0.2) is 11.5 Å². The Labute approximate surface area is 162 Å². The van der Waals surface area contributed by atoms with Crippen LogP contribution in [-0.4, -0.2) is 18.2 Å². The van der Waals surface area contributed by atoms with Gasteiger partial charge in [-0.25, -0.2) is 4.79 Å². The molecule has 3 aromatic rings. The first kappa shape index (κ1) is 17.7. The molecular weight excluding hydrogens is 356 g/mol. The van der Waals surface area contributed by atoms with Crippen LogP contribution in [0.15, 0.2) is 78.9 Å². The number of phenolic OH excluding ortho intramolecular Hbond substituents is 1. The Morgan fingerprint density at radius 1 is 0.929 bits per heavy atom. The molecular formula is C23H18O5. The van der Waals surface area contributed by atoms with Gasteiger partial charge in [0.05, 0.1) is 7.11 Å². The van der Waals surface area contributed by atoms with Gasteiger partial charge in [0, 0.05) is 22.8 Å². The molecule has 5 nitrogen and oxygen atoms in total. The van der Waals surface area contributed by atoms with E-state index < -0.39 is 11.8 Å². The van der Waals surface area contributed by atoms with Crippen molar-refractivity contribution in [2.24, 2.45) is 0 Å². The van der Waals surface area contributed by atoms with E-state index in [-0.39, 0.29) is 11.5 Å². The van der Waals surface area contributed by atoms with E-state index in [1.165, 1.54) is 19.3 Å². The van der Waals surface area contributed by atoms with Crippen molar-refractivity contribution in [3.63, 3.8) is 0 Å². The van der Waals surface area contributed by atoms with Crippen LogP contribution in [0.3, 0.4) is 0 Å². The maximum absolute atomic E-state index is 11.4. The molecule has 1 aliphatic heterocycles. The number of phenols is 1. The zero-order valence-corrected chi connectivity index (χ0v) is 15.2. The van der Waals surface area contributed by atoms with Gasteiger partial charge in [-0.2, -0.15) is 0 Å². The topological polar surface area (TPSA) is 65.0 Å². The molecule has 28 heavy (non-hydrogen) atoms. The van der Waals surface area contributed by atoms with E-state index in [0.29, 0.717) is 11.3 Å². The molecule has 3 aromatic carbocycles. The number of esters is 1. The molecule has 0 saturated heterocycles. The fraction of sp³-hybridized carbons (Fsp3) is 0.0870. The summed E-state index contributed by atoms with van der Waals surface area (Å²) in [6.07, 6.45) is 2.70. The van der Waals surface area contributed by atoms with Crippen LogP contribution in [0.25, 0.3) is 6.08 Å². The minimum absolute atomic E-state index is 0.105. The summed E-state index contributed by atoms with van der Waals surface area (Å²) in [5.41, 5.74) is 2.01. The molecule has 1 aliphatic rings. The normalized spacial score (nSPS) is 14.2. The number of carbonyl (C=O) groups excluding carboxylic acids is 1. The van der Waals surface area contributed by atoms with Gasteiger partial charge >= 0.3 is 11.8 Å². The minimum Gasteiger partial charge on any atom is -0.504 e. The Hall–Kier alpha value is -3.73. The Bertz CT molecular complexity index is 986. The van der Waals surface area contributed by atoms with Crippen LogP contribution in [0.5, 0.6) is 17.2 Å². The molecule has 0 spiro atoms. The zero-order chi connectivity index (χ0) is 19.6. The molecule has 0 unspecified atom stereocenters. The van der Waals surface area contributed by atoms with Crippen molar-refractivity contribution < 1.29 is 24.1 Å². The van der Waals surface area contributed by atoms with Crippen LogP contribution < -0.4 is 9.47 Å². The van der Waals surface area contributed by atoms with Crippen molar-refractivity contribution in [1.82, 2.24) is 0 Å². The quantitative estimate of drug-likeness (QED) is 0.546. The fourth-order valence-electron chi connectivity index (χ4n) is 3.14. The summed E-state index contributed by atoms with van der Waals surface area (Å²) in [7, 11) is 1.29. The highest BCUT2D eigenvalue weighted by Gasteiger charge is 2.46.